The lowest BCUT2D eigenvalue weighted by atomic mass is 10.1. The number of phosphoric ester groups is 1. The van der Waals surface area contributed by atoms with Gasteiger partial charge in [0.15, 0.2) is 12.5 Å². The molecule has 5 atom stereocenters. The Morgan fingerprint density at radius 1 is 1.41 bits per heavy atom. The van der Waals surface area contributed by atoms with Crippen LogP contribution in [0.25, 0.3) is 0 Å². The summed E-state index contributed by atoms with van der Waals surface area (Å²) in [6.45, 7) is 0. The van der Waals surface area contributed by atoms with Gasteiger partial charge >= 0.3 is 13.5 Å². The van der Waals surface area contributed by atoms with E-state index >= 15 is 0 Å². The lowest BCUT2D eigenvalue weighted by Crippen LogP contribution is -2.39. The Labute approximate surface area is 122 Å². The van der Waals surface area contributed by atoms with Crippen molar-refractivity contribution < 1.29 is 38.9 Å². The molecule has 0 saturated carbocycles. The summed E-state index contributed by atoms with van der Waals surface area (Å²) in [5, 5.41) is 29.2. The summed E-state index contributed by atoms with van der Waals surface area (Å²) in [6.07, 6.45) is -7.68. The standard InChI is InChI=1S/C9H14N3O9P/c10-3-1-2-12(9(16)11-3)7-5(14)4(13)6(20-7)8(15)21-22(17,18)19/h1-2,4-8,13-15H,(H2,10,11,16)(H2,17,18,19)/t4-,5-,6-,7?,8?/m0/s1. The van der Waals surface area contributed by atoms with Gasteiger partial charge in [0.1, 0.15) is 24.1 Å². The number of aliphatic hydroxyl groups is 3. The van der Waals surface area contributed by atoms with E-state index in [4.69, 9.17) is 20.3 Å². The highest BCUT2D eigenvalue weighted by molar-refractivity contribution is 7.46. The number of phosphoric acid groups is 1. The van der Waals surface area contributed by atoms with E-state index in [0.29, 0.717) is 0 Å². The molecule has 0 aliphatic carbocycles. The van der Waals surface area contributed by atoms with Gasteiger partial charge in [0, 0.05) is 6.20 Å². The van der Waals surface area contributed by atoms with Gasteiger partial charge in [-0.15, -0.1) is 0 Å². The molecule has 2 rings (SSSR count). The molecular weight excluding hydrogens is 325 g/mol. The average Bonchev–Trinajstić information content (AvgIpc) is 2.65. The highest BCUT2D eigenvalue weighted by atomic mass is 31.2. The predicted molar refractivity (Wildman–Crippen MR) is 68.0 cm³/mol. The third-order valence-electron chi connectivity index (χ3n) is 2.93. The molecule has 0 bridgehead atoms. The zero-order valence-corrected chi connectivity index (χ0v) is 11.7. The highest BCUT2D eigenvalue weighted by Crippen LogP contribution is 2.40. The predicted octanol–water partition coefficient (Wildman–Crippen LogP) is -3.13. The molecule has 124 valence electrons. The van der Waals surface area contributed by atoms with Crippen molar-refractivity contribution >= 4 is 13.6 Å². The number of aliphatic hydroxyl groups excluding tert-OH is 3. The number of hydrogen-bond acceptors (Lipinski definition) is 9. The maximum Gasteiger partial charge on any atom is 0.472 e. The Morgan fingerprint density at radius 3 is 2.59 bits per heavy atom. The summed E-state index contributed by atoms with van der Waals surface area (Å²) in [7, 11) is -5.05. The Balaban J connectivity index is 2.23. The van der Waals surface area contributed by atoms with Gasteiger partial charge in [-0.25, -0.2) is 9.36 Å². The minimum Gasteiger partial charge on any atom is -0.387 e. The molecule has 1 aliphatic rings. The monoisotopic (exact) mass is 339 g/mol. The maximum atomic E-state index is 11.7. The molecule has 0 amide bonds. The second-order valence-electron chi connectivity index (χ2n) is 4.50. The lowest BCUT2D eigenvalue weighted by Gasteiger charge is -2.21. The van der Waals surface area contributed by atoms with Crippen LogP contribution in [0, 0.1) is 0 Å². The molecule has 1 aromatic rings. The number of aromatic nitrogens is 2. The fourth-order valence-electron chi connectivity index (χ4n) is 1.97. The van der Waals surface area contributed by atoms with Crippen LogP contribution in [-0.4, -0.2) is 59.3 Å². The minimum atomic E-state index is -5.05. The van der Waals surface area contributed by atoms with Gasteiger partial charge in [0.05, 0.1) is 0 Å². The molecule has 1 aliphatic heterocycles. The van der Waals surface area contributed by atoms with Crippen molar-refractivity contribution in [2.45, 2.75) is 30.8 Å². The number of hydrogen-bond donors (Lipinski definition) is 6. The Hall–Kier alpha value is -1.37. The summed E-state index contributed by atoms with van der Waals surface area (Å²) in [5.74, 6) is -0.0734. The zero-order valence-electron chi connectivity index (χ0n) is 10.8. The normalized spacial score (nSPS) is 30.4. The van der Waals surface area contributed by atoms with E-state index in [0.717, 1.165) is 10.8 Å². The molecule has 1 saturated heterocycles. The molecule has 2 heterocycles. The number of ether oxygens (including phenoxy) is 1. The Kier molecular flexibility index (Phi) is 4.65. The Morgan fingerprint density at radius 2 is 2.05 bits per heavy atom. The molecule has 12 nitrogen and oxygen atoms in total. The fraction of sp³-hybridized carbons (Fsp3) is 0.556. The van der Waals surface area contributed by atoms with E-state index in [2.05, 4.69) is 9.51 Å². The molecule has 0 aromatic carbocycles. The van der Waals surface area contributed by atoms with Crippen LogP contribution < -0.4 is 11.4 Å². The molecule has 1 aromatic heterocycles. The minimum absolute atomic E-state index is 0.0734. The molecule has 7 N–H and O–H groups in total. The van der Waals surface area contributed by atoms with Crippen LogP contribution in [0.1, 0.15) is 6.23 Å². The SMILES string of the molecule is Nc1ccn(C2O[C@H](C(O)OP(=O)(O)O)[C@@H](O)[C@@H]2O)c(=O)n1. The van der Waals surface area contributed by atoms with Crippen LogP contribution in [0.2, 0.25) is 0 Å². The van der Waals surface area contributed by atoms with E-state index in [1.54, 1.807) is 0 Å². The first-order chi connectivity index (χ1) is 10.1. The highest BCUT2D eigenvalue weighted by Gasteiger charge is 2.49. The smallest absolute Gasteiger partial charge is 0.387 e. The van der Waals surface area contributed by atoms with Crippen LogP contribution >= 0.6 is 7.82 Å². The third-order valence-corrected chi connectivity index (χ3v) is 3.42. The van der Waals surface area contributed by atoms with Gasteiger partial charge in [0.2, 0.25) is 0 Å². The van der Waals surface area contributed by atoms with Crippen molar-refractivity contribution in [1.29, 1.82) is 0 Å². The summed E-state index contributed by atoms with van der Waals surface area (Å²) in [4.78, 5) is 32.3. The first-order valence-corrected chi connectivity index (χ1v) is 7.41. The van der Waals surface area contributed by atoms with Crippen molar-refractivity contribution in [3.63, 3.8) is 0 Å². The van der Waals surface area contributed by atoms with E-state index < -0.39 is 44.3 Å². The summed E-state index contributed by atoms with van der Waals surface area (Å²) < 4.78 is 20.5. The fourth-order valence-corrected chi connectivity index (χ4v) is 2.37. The van der Waals surface area contributed by atoms with Gasteiger partial charge < -0.3 is 35.6 Å². The second-order valence-corrected chi connectivity index (χ2v) is 5.69. The first kappa shape index (κ1) is 17.0. The van der Waals surface area contributed by atoms with Crippen molar-refractivity contribution in [2.75, 3.05) is 5.73 Å². The van der Waals surface area contributed by atoms with E-state index in [1.807, 2.05) is 0 Å². The van der Waals surface area contributed by atoms with Crippen molar-refractivity contribution in [3.8, 4) is 0 Å². The topological polar surface area (TPSA) is 198 Å². The number of nitrogen functional groups attached to an aromatic ring is 1. The first-order valence-electron chi connectivity index (χ1n) is 5.88. The van der Waals surface area contributed by atoms with Crippen LogP contribution in [0.5, 0.6) is 0 Å². The number of nitrogens with two attached hydrogens (primary N) is 1. The van der Waals surface area contributed by atoms with E-state index in [1.165, 1.54) is 6.07 Å². The van der Waals surface area contributed by atoms with Crippen LogP contribution in [0.3, 0.4) is 0 Å². The summed E-state index contributed by atoms with van der Waals surface area (Å²) in [5.41, 5.74) is 4.42. The van der Waals surface area contributed by atoms with Gasteiger partial charge in [0.25, 0.3) is 0 Å². The van der Waals surface area contributed by atoms with E-state index in [9.17, 15) is 24.7 Å². The van der Waals surface area contributed by atoms with Crippen molar-refractivity contribution in [3.05, 3.63) is 22.7 Å². The molecule has 0 radical (unpaired) electrons. The Bertz CT molecular complexity index is 645. The molecule has 13 heteroatoms. The number of nitrogens with zero attached hydrogens (tertiary/aromatic N) is 2. The number of rotatable bonds is 4. The zero-order chi connectivity index (χ0) is 16.7. The van der Waals surface area contributed by atoms with E-state index in [-0.39, 0.29) is 5.82 Å². The second kappa shape index (κ2) is 6.02. The third kappa shape index (κ3) is 3.51. The van der Waals surface area contributed by atoms with Crippen molar-refractivity contribution in [1.82, 2.24) is 9.55 Å². The maximum absolute atomic E-state index is 11.7. The molecule has 0 spiro atoms. The van der Waals surface area contributed by atoms with Gasteiger partial charge in [-0.05, 0) is 6.07 Å². The van der Waals surface area contributed by atoms with Crippen LogP contribution in [0.4, 0.5) is 5.82 Å². The quantitative estimate of drug-likeness (QED) is 0.239. The van der Waals surface area contributed by atoms with Gasteiger partial charge in [-0.2, -0.15) is 4.98 Å². The van der Waals surface area contributed by atoms with Gasteiger partial charge in [-0.3, -0.25) is 9.09 Å². The summed E-state index contributed by atoms with van der Waals surface area (Å²) >= 11 is 0. The van der Waals surface area contributed by atoms with Crippen molar-refractivity contribution in [2.24, 2.45) is 0 Å². The molecule has 1 fully saturated rings. The molecular formula is C9H14N3O9P. The van der Waals surface area contributed by atoms with Gasteiger partial charge in [-0.1, -0.05) is 0 Å². The average molecular weight is 339 g/mol. The summed E-state index contributed by atoms with van der Waals surface area (Å²) in [6, 6.07) is 1.24. The molecule has 22 heavy (non-hydrogen) atoms. The largest absolute Gasteiger partial charge is 0.472 e. The molecule has 2 unspecified atom stereocenters. The lowest BCUT2D eigenvalue weighted by molar-refractivity contribution is -0.161. The van der Waals surface area contributed by atoms with Crippen LogP contribution in [0.15, 0.2) is 17.1 Å². The van der Waals surface area contributed by atoms with Crippen LogP contribution in [-0.2, 0) is 13.8 Å². The number of anilines is 1.